The molecule has 134 valence electrons. The van der Waals surface area contributed by atoms with E-state index in [0.29, 0.717) is 19.4 Å². The number of amides is 1. The smallest absolute Gasteiger partial charge is 0.252 e. The predicted octanol–water partition coefficient (Wildman–Crippen LogP) is 2.61. The van der Waals surface area contributed by atoms with Crippen LogP contribution < -0.4 is 5.32 Å². The Labute approximate surface area is 148 Å². The van der Waals surface area contributed by atoms with Crippen LogP contribution in [-0.4, -0.2) is 37.8 Å². The number of hydrogen-bond acceptors (Lipinski definition) is 4. The molecule has 1 fully saturated rings. The van der Waals surface area contributed by atoms with Crippen LogP contribution in [0.25, 0.3) is 0 Å². The number of thiophene rings is 1. The molecule has 0 spiro atoms. The van der Waals surface area contributed by atoms with E-state index in [2.05, 4.69) is 5.32 Å². The second-order valence-electron chi connectivity index (χ2n) is 5.68. The molecule has 2 aromatic rings. The Hall–Kier alpha value is -1.84. The standard InChI is InChI=1S/C16H16F2N2O3S2/c17-13-6-5-11(9-14(13)18)16(21)19-10-12-3-1-7-20(12)25(22,23)15-4-2-8-24-15/h2,4-6,8-9,12H,1,3,7,10H2,(H,19,21)/t12-/m0/s1. The van der Waals surface area contributed by atoms with Gasteiger partial charge < -0.3 is 5.32 Å². The highest BCUT2D eigenvalue weighted by atomic mass is 32.2. The van der Waals surface area contributed by atoms with Gasteiger partial charge in [-0.25, -0.2) is 17.2 Å². The SMILES string of the molecule is O=C(NC[C@@H]1CCCN1S(=O)(=O)c1cccs1)c1ccc(F)c(F)c1. The predicted molar refractivity (Wildman–Crippen MR) is 89.9 cm³/mol. The Kier molecular flexibility index (Phi) is 5.16. The van der Waals surface area contributed by atoms with Crippen LogP contribution in [0, 0.1) is 11.6 Å². The van der Waals surface area contributed by atoms with Crippen molar-refractivity contribution in [2.45, 2.75) is 23.1 Å². The fourth-order valence-electron chi connectivity index (χ4n) is 2.81. The van der Waals surface area contributed by atoms with Crippen LogP contribution in [0.15, 0.2) is 39.9 Å². The summed E-state index contributed by atoms with van der Waals surface area (Å²) in [6.45, 7) is 0.508. The zero-order chi connectivity index (χ0) is 18.0. The summed E-state index contributed by atoms with van der Waals surface area (Å²) in [5, 5.41) is 4.30. The number of nitrogens with zero attached hydrogens (tertiary/aromatic N) is 1. The van der Waals surface area contributed by atoms with Gasteiger partial charge in [0.2, 0.25) is 0 Å². The molecule has 5 nitrogen and oxygen atoms in total. The van der Waals surface area contributed by atoms with Gasteiger partial charge in [0.1, 0.15) is 4.21 Å². The van der Waals surface area contributed by atoms with Gasteiger partial charge in [-0.05, 0) is 42.5 Å². The van der Waals surface area contributed by atoms with E-state index in [1.165, 1.54) is 10.4 Å². The molecule has 2 heterocycles. The van der Waals surface area contributed by atoms with Gasteiger partial charge in [-0.1, -0.05) is 6.07 Å². The first kappa shape index (κ1) is 18.0. The Morgan fingerprint density at radius 1 is 1.28 bits per heavy atom. The molecule has 1 saturated heterocycles. The minimum atomic E-state index is -3.58. The van der Waals surface area contributed by atoms with E-state index in [1.807, 2.05) is 0 Å². The maximum atomic E-state index is 13.2. The average molecular weight is 386 g/mol. The summed E-state index contributed by atoms with van der Waals surface area (Å²) in [7, 11) is -3.58. The summed E-state index contributed by atoms with van der Waals surface area (Å²) in [5.41, 5.74) is -0.00967. The number of halogens is 2. The van der Waals surface area contributed by atoms with Gasteiger partial charge in [-0.15, -0.1) is 11.3 Å². The van der Waals surface area contributed by atoms with Crippen LogP contribution >= 0.6 is 11.3 Å². The van der Waals surface area contributed by atoms with Crippen molar-refractivity contribution in [1.82, 2.24) is 9.62 Å². The highest BCUT2D eigenvalue weighted by Crippen LogP contribution is 2.28. The number of benzene rings is 1. The summed E-state index contributed by atoms with van der Waals surface area (Å²) in [6.07, 6.45) is 1.33. The number of rotatable bonds is 5. The number of sulfonamides is 1. The molecule has 1 aliphatic heterocycles. The fourth-order valence-corrected chi connectivity index (χ4v) is 5.62. The van der Waals surface area contributed by atoms with Crippen molar-refractivity contribution in [3.63, 3.8) is 0 Å². The van der Waals surface area contributed by atoms with Gasteiger partial charge >= 0.3 is 0 Å². The highest BCUT2D eigenvalue weighted by molar-refractivity contribution is 7.91. The molecule has 3 rings (SSSR count). The van der Waals surface area contributed by atoms with E-state index < -0.39 is 27.6 Å². The Balaban J connectivity index is 1.68. The summed E-state index contributed by atoms with van der Waals surface area (Å²) >= 11 is 1.15. The lowest BCUT2D eigenvalue weighted by atomic mass is 10.2. The molecule has 9 heteroatoms. The van der Waals surface area contributed by atoms with Crippen LogP contribution in [-0.2, 0) is 10.0 Å². The minimum absolute atomic E-state index is 0.00967. The van der Waals surface area contributed by atoms with Crippen molar-refractivity contribution >= 4 is 27.3 Å². The topological polar surface area (TPSA) is 66.5 Å². The van der Waals surface area contributed by atoms with Crippen LogP contribution in [0.5, 0.6) is 0 Å². The molecule has 1 atom stereocenters. The van der Waals surface area contributed by atoms with E-state index in [9.17, 15) is 22.0 Å². The van der Waals surface area contributed by atoms with Gasteiger partial charge in [0.15, 0.2) is 11.6 Å². The molecule has 0 unspecified atom stereocenters. The first-order valence-electron chi connectivity index (χ1n) is 7.68. The van der Waals surface area contributed by atoms with Gasteiger partial charge in [0.25, 0.3) is 15.9 Å². The number of nitrogens with one attached hydrogen (secondary N) is 1. The van der Waals surface area contributed by atoms with Crippen molar-refractivity contribution in [3.8, 4) is 0 Å². The Morgan fingerprint density at radius 2 is 2.08 bits per heavy atom. The molecular formula is C16H16F2N2O3S2. The van der Waals surface area contributed by atoms with Gasteiger partial charge in [-0.3, -0.25) is 4.79 Å². The molecule has 0 aliphatic carbocycles. The zero-order valence-electron chi connectivity index (χ0n) is 13.1. The maximum absolute atomic E-state index is 13.2. The first-order chi connectivity index (χ1) is 11.9. The monoisotopic (exact) mass is 386 g/mol. The Bertz CT molecular complexity index is 870. The largest absolute Gasteiger partial charge is 0.350 e. The van der Waals surface area contributed by atoms with Gasteiger partial charge in [0, 0.05) is 24.7 Å². The summed E-state index contributed by atoms with van der Waals surface area (Å²) < 4.78 is 53.1. The van der Waals surface area contributed by atoms with Crippen molar-refractivity contribution in [2.24, 2.45) is 0 Å². The number of carbonyl (C=O) groups excluding carboxylic acids is 1. The maximum Gasteiger partial charge on any atom is 0.252 e. The summed E-state index contributed by atoms with van der Waals surface area (Å²) in [5.74, 6) is -2.70. The highest BCUT2D eigenvalue weighted by Gasteiger charge is 2.35. The van der Waals surface area contributed by atoms with Crippen LogP contribution in [0.4, 0.5) is 8.78 Å². The average Bonchev–Trinajstić information content (AvgIpc) is 3.27. The second-order valence-corrected chi connectivity index (χ2v) is 8.75. The van der Waals surface area contributed by atoms with E-state index in [-0.39, 0.29) is 22.4 Å². The second kappa shape index (κ2) is 7.19. The normalized spacial score (nSPS) is 18.4. The van der Waals surface area contributed by atoms with Crippen molar-refractivity contribution in [2.75, 3.05) is 13.1 Å². The quantitative estimate of drug-likeness (QED) is 0.859. The third-order valence-electron chi connectivity index (χ3n) is 4.06. The lowest BCUT2D eigenvalue weighted by Gasteiger charge is -2.23. The van der Waals surface area contributed by atoms with E-state index in [4.69, 9.17) is 0 Å². The van der Waals surface area contributed by atoms with E-state index in [0.717, 1.165) is 23.5 Å². The van der Waals surface area contributed by atoms with Crippen LogP contribution in [0.3, 0.4) is 0 Å². The molecule has 0 saturated carbocycles. The third kappa shape index (κ3) is 3.73. The van der Waals surface area contributed by atoms with Crippen LogP contribution in [0.1, 0.15) is 23.2 Å². The van der Waals surface area contributed by atoms with Crippen LogP contribution in [0.2, 0.25) is 0 Å². The lowest BCUT2D eigenvalue weighted by Crippen LogP contribution is -2.42. The third-order valence-corrected chi connectivity index (χ3v) is 7.39. The number of carbonyl (C=O) groups is 1. The van der Waals surface area contributed by atoms with Crippen molar-refractivity contribution in [1.29, 1.82) is 0 Å². The van der Waals surface area contributed by atoms with E-state index >= 15 is 0 Å². The molecule has 1 amide bonds. The van der Waals surface area contributed by atoms with Crippen molar-refractivity contribution < 1.29 is 22.0 Å². The first-order valence-corrected chi connectivity index (χ1v) is 10.00. The molecule has 1 N–H and O–H groups in total. The number of hydrogen-bond donors (Lipinski definition) is 1. The molecule has 1 aliphatic rings. The Morgan fingerprint density at radius 3 is 2.76 bits per heavy atom. The van der Waals surface area contributed by atoms with Gasteiger partial charge in [-0.2, -0.15) is 4.31 Å². The lowest BCUT2D eigenvalue weighted by molar-refractivity contribution is 0.0946. The summed E-state index contributed by atoms with van der Waals surface area (Å²) in [6, 6.07) is 5.75. The fraction of sp³-hybridized carbons (Fsp3) is 0.312. The zero-order valence-corrected chi connectivity index (χ0v) is 14.7. The van der Waals surface area contributed by atoms with E-state index in [1.54, 1.807) is 17.5 Å². The molecule has 0 radical (unpaired) electrons. The molecule has 1 aromatic carbocycles. The van der Waals surface area contributed by atoms with Crippen molar-refractivity contribution in [3.05, 3.63) is 52.9 Å². The molecule has 1 aromatic heterocycles. The summed E-state index contributed by atoms with van der Waals surface area (Å²) in [4.78, 5) is 12.1. The molecule has 25 heavy (non-hydrogen) atoms. The van der Waals surface area contributed by atoms with Gasteiger partial charge in [0.05, 0.1) is 0 Å². The molecular weight excluding hydrogens is 370 g/mol. The molecule has 0 bridgehead atoms. The minimum Gasteiger partial charge on any atom is -0.350 e.